The minimum atomic E-state index is -0.147. The van der Waals surface area contributed by atoms with E-state index in [1.165, 1.54) is 16.9 Å². The largest absolute Gasteiger partial charge is 0.374 e. The van der Waals surface area contributed by atoms with E-state index in [2.05, 4.69) is 29.4 Å². The van der Waals surface area contributed by atoms with Crippen LogP contribution in [0.4, 0.5) is 5.13 Å². The van der Waals surface area contributed by atoms with E-state index in [-0.39, 0.29) is 12.0 Å². The summed E-state index contributed by atoms with van der Waals surface area (Å²) in [5.41, 5.74) is 3.85. The van der Waals surface area contributed by atoms with Crippen molar-refractivity contribution >= 4 is 32.6 Å². The summed E-state index contributed by atoms with van der Waals surface area (Å²) in [6.45, 7) is 6.69. The standard InChI is InChI=1S/C20H22N2O2S/c1-4-14-7-10-17-18(11-14)25-20(21-17)22-19(23)16-8-5-15(6-9-16)12-24-13(2)3/h5-11,13H,4,12H2,1-3H3,(H,21,22,23). The fraction of sp³-hybridized carbons (Fsp3) is 0.300. The van der Waals surface area contributed by atoms with Gasteiger partial charge in [-0.1, -0.05) is 36.5 Å². The predicted molar refractivity (Wildman–Crippen MR) is 103 cm³/mol. The molecule has 3 rings (SSSR count). The van der Waals surface area contributed by atoms with Crippen LogP contribution in [0, 0.1) is 0 Å². The molecule has 0 unspecified atom stereocenters. The zero-order chi connectivity index (χ0) is 17.8. The lowest BCUT2D eigenvalue weighted by atomic mass is 10.1. The van der Waals surface area contributed by atoms with Crippen molar-refractivity contribution < 1.29 is 9.53 Å². The van der Waals surface area contributed by atoms with Gasteiger partial charge in [-0.05, 0) is 55.7 Å². The Bertz CT molecular complexity index is 869. The van der Waals surface area contributed by atoms with Gasteiger partial charge in [0.05, 0.1) is 22.9 Å². The molecule has 0 saturated carbocycles. The lowest BCUT2D eigenvalue weighted by Crippen LogP contribution is -2.11. The number of ether oxygens (including phenoxy) is 1. The molecule has 0 aliphatic heterocycles. The number of nitrogens with one attached hydrogen (secondary N) is 1. The van der Waals surface area contributed by atoms with E-state index in [1.54, 1.807) is 0 Å². The number of fused-ring (bicyclic) bond motifs is 1. The summed E-state index contributed by atoms with van der Waals surface area (Å²) < 4.78 is 6.66. The molecule has 25 heavy (non-hydrogen) atoms. The van der Waals surface area contributed by atoms with Crippen LogP contribution in [0.25, 0.3) is 10.2 Å². The molecule has 0 fully saturated rings. The molecule has 0 aliphatic rings. The van der Waals surface area contributed by atoms with Crippen LogP contribution in [0.15, 0.2) is 42.5 Å². The Hall–Kier alpha value is -2.24. The van der Waals surface area contributed by atoms with Gasteiger partial charge in [0.25, 0.3) is 5.91 Å². The topological polar surface area (TPSA) is 51.2 Å². The van der Waals surface area contributed by atoms with E-state index in [0.717, 1.165) is 22.2 Å². The van der Waals surface area contributed by atoms with E-state index in [4.69, 9.17) is 4.74 Å². The highest BCUT2D eigenvalue weighted by molar-refractivity contribution is 7.22. The summed E-state index contributed by atoms with van der Waals surface area (Å²) in [7, 11) is 0. The van der Waals surface area contributed by atoms with Gasteiger partial charge in [-0.25, -0.2) is 4.98 Å². The van der Waals surface area contributed by atoms with Crippen molar-refractivity contribution in [3.63, 3.8) is 0 Å². The smallest absolute Gasteiger partial charge is 0.257 e. The maximum Gasteiger partial charge on any atom is 0.257 e. The number of amides is 1. The molecular formula is C20H22N2O2S. The molecule has 0 spiro atoms. The van der Waals surface area contributed by atoms with Crippen LogP contribution in [-0.4, -0.2) is 17.0 Å². The molecule has 0 atom stereocenters. The fourth-order valence-corrected chi connectivity index (χ4v) is 3.35. The molecule has 1 heterocycles. The first-order valence-electron chi connectivity index (χ1n) is 8.46. The molecule has 0 aliphatic carbocycles. The van der Waals surface area contributed by atoms with Crippen molar-refractivity contribution in [2.24, 2.45) is 0 Å². The Balaban J connectivity index is 1.69. The highest BCUT2D eigenvalue weighted by atomic mass is 32.1. The predicted octanol–water partition coefficient (Wildman–Crippen LogP) is 5.04. The van der Waals surface area contributed by atoms with Crippen LogP contribution in [-0.2, 0) is 17.8 Å². The van der Waals surface area contributed by atoms with Crippen LogP contribution in [0.3, 0.4) is 0 Å². The number of nitrogens with zero attached hydrogens (tertiary/aromatic N) is 1. The molecule has 0 saturated heterocycles. The number of anilines is 1. The highest BCUT2D eigenvalue weighted by Gasteiger charge is 2.10. The zero-order valence-corrected chi connectivity index (χ0v) is 15.5. The summed E-state index contributed by atoms with van der Waals surface area (Å²) in [4.78, 5) is 16.9. The van der Waals surface area contributed by atoms with Crippen LogP contribution >= 0.6 is 11.3 Å². The van der Waals surface area contributed by atoms with E-state index in [9.17, 15) is 4.79 Å². The number of benzene rings is 2. The summed E-state index contributed by atoms with van der Waals surface area (Å²) >= 11 is 1.50. The van der Waals surface area contributed by atoms with Crippen LogP contribution in [0.1, 0.15) is 42.3 Å². The van der Waals surface area contributed by atoms with E-state index in [1.807, 2.05) is 44.2 Å². The van der Waals surface area contributed by atoms with Gasteiger partial charge in [-0.2, -0.15) is 0 Å². The molecule has 0 radical (unpaired) electrons. The van der Waals surface area contributed by atoms with Crippen molar-refractivity contribution in [1.29, 1.82) is 0 Å². The normalized spacial score (nSPS) is 11.2. The van der Waals surface area contributed by atoms with Crippen LogP contribution in [0.5, 0.6) is 0 Å². The van der Waals surface area contributed by atoms with Crippen LogP contribution in [0.2, 0.25) is 0 Å². The van der Waals surface area contributed by atoms with Gasteiger partial charge < -0.3 is 4.74 Å². The maximum absolute atomic E-state index is 12.4. The molecule has 0 bridgehead atoms. The highest BCUT2D eigenvalue weighted by Crippen LogP contribution is 2.27. The summed E-state index contributed by atoms with van der Waals surface area (Å²) in [5.74, 6) is -0.147. The Kier molecular flexibility index (Phi) is 5.46. The van der Waals surface area contributed by atoms with Crippen molar-refractivity contribution in [3.05, 3.63) is 59.2 Å². The molecule has 1 N–H and O–H groups in total. The lowest BCUT2D eigenvalue weighted by Gasteiger charge is -2.08. The maximum atomic E-state index is 12.4. The van der Waals surface area contributed by atoms with Gasteiger partial charge in [-0.15, -0.1) is 0 Å². The number of rotatable bonds is 6. The number of carbonyl (C=O) groups is 1. The third-order valence-corrected chi connectivity index (χ3v) is 4.81. The quantitative estimate of drug-likeness (QED) is 0.675. The van der Waals surface area contributed by atoms with Gasteiger partial charge in [0.15, 0.2) is 5.13 Å². The monoisotopic (exact) mass is 354 g/mol. The third-order valence-electron chi connectivity index (χ3n) is 3.88. The number of carbonyl (C=O) groups excluding carboxylic acids is 1. The first-order chi connectivity index (χ1) is 12.0. The Morgan fingerprint density at radius 3 is 2.56 bits per heavy atom. The van der Waals surface area contributed by atoms with Crippen LogP contribution < -0.4 is 5.32 Å². The minimum absolute atomic E-state index is 0.147. The molecule has 2 aromatic carbocycles. The number of hydrogen-bond acceptors (Lipinski definition) is 4. The van der Waals surface area contributed by atoms with Gasteiger partial charge >= 0.3 is 0 Å². The molecule has 1 aromatic heterocycles. The second-order valence-corrected chi connectivity index (χ2v) is 7.22. The van der Waals surface area contributed by atoms with Crippen molar-refractivity contribution in [2.45, 2.75) is 39.9 Å². The SMILES string of the molecule is CCc1ccc2nc(NC(=O)c3ccc(COC(C)C)cc3)sc2c1. The summed E-state index contributed by atoms with van der Waals surface area (Å²) in [5, 5.41) is 3.52. The van der Waals surface area contributed by atoms with Crippen molar-refractivity contribution in [3.8, 4) is 0 Å². The number of hydrogen-bond donors (Lipinski definition) is 1. The Morgan fingerprint density at radius 1 is 1.16 bits per heavy atom. The van der Waals surface area contributed by atoms with Gasteiger partial charge in [0.1, 0.15) is 0 Å². The fourth-order valence-electron chi connectivity index (χ4n) is 2.43. The second kappa shape index (κ2) is 7.76. The Morgan fingerprint density at radius 2 is 1.88 bits per heavy atom. The number of aromatic nitrogens is 1. The van der Waals surface area contributed by atoms with Gasteiger partial charge in [0.2, 0.25) is 0 Å². The van der Waals surface area contributed by atoms with E-state index < -0.39 is 0 Å². The summed E-state index contributed by atoms with van der Waals surface area (Å²) in [6, 6.07) is 13.7. The molecule has 5 heteroatoms. The Labute approximate surface area is 151 Å². The van der Waals surface area contributed by atoms with E-state index >= 15 is 0 Å². The molecule has 130 valence electrons. The summed E-state index contributed by atoms with van der Waals surface area (Å²) in [6.07, 6.45) is 1.18. The van der Waals surface area contributed by atoms with Crippen molar-refractivity contribution in [2.75, 3.05) is 5.32 Å². The molecule has 1 amide bonds. The lowest BCUT2D eigenvalue weighted by molar-refractivity contribution is 0.0657. The molecule has 4 nitrogen and oxygen atoms in total. The van der Waals surface area contributed by atoms with Gasteiger partial charge in [-0.3, -0.25) is 10.1 Å². The first-order valence-corrected chi connectivity index (χ1v) is 9.28. The van der Waals surface area contributed by atoms with Crippen molar-refractivity contribution in [1.82, 2.24) is 4.98 Å². The first kappa shape index (κ1) is 17.6. The zero-order valence-electron chi connectivity index (χ0n) is 14.7. The van der Waals surface area contributed by atoms with Gasteiger partial charge in [0, 0.05) is 5.56 Å². The third kappa shape index (κ3) is 4.44. The average molecular weight is 354 g/mol. The number of aryl methyl sites for hydroxylation is 1. The average Bonchev–Trinajstić information content (AvgIpc) is 3.01. The van der Waals surface area contributed by atoms with E-state index in [0.29, 0.717) is 17.3 Å². The number of thiazole rings is 1. The molecular weight excluding hydrogens is 332 g/mol. The second-order valence-electron chi connectivity index (χ2n) is 6.19. The minimum Gasteiger partial charge on any atom is -0.374 e. The molecule has 3 aromatic rings.